The molecule has 1 atom stereocenters. The molecule has 2 aromatic rings. The first kappa shape index (κ1) is 19.1. The lowest BCUT2D eigenvalue weighted by atomic mass is 10.0. The number of rotatable bonds is 9. The molecule has 0 radical (unpaired) electrons. The van der Waals surface area contributed by atoms with Gasteiger partial charge in [0.15, 0.2) is 5.03 Å². The number of sulfonamides is 1. The Morgan fingerprint density at radius 2 is 2.12 bits per heavy atom. The van der Waals surface area contributed by atoms with Crippen LogP contribution in [-0.4, -0.2) is 36.2 Å². The van der Waals surface area contributed by atoms with E-state index >= 15 is 0 Å². The van der Waals surface area contributed by atoms with Crippen LogP contribution in [0.5, 0.6) is 0 Å². The van der Waals surface area contributed by atoms with E-state index in [0.717, 1.165) is 5.82 Å². The van der Waals surface area contributed by atoms with Crippen LogP contribution < -0.4 is 4.72 Å². The minimum Gasteiger partial charge on any atom is -0.396 e. The third-order valence-electron chi connectivity index (χ3n) is 3.89. The molecule has 0 aromatic carbocycles. The van der Waals surface area contributed by atoms with E-state index in [-0.39, 0.29) is 23.5 Å². The van der Waals surface area contributed by atoms with Gasteiger partial charge in [-0.2, -0.15) is 0 Å². The van der Waals surface area contributed by atoms with E-state index in [1.165, 1.54) is 4.88 Å². The number of imidazole rings is 1. The van der Waals surface area contributed by atoms with Crippen LogP contribution in [0.1, 0.15) is 49.2 Å². The molecule has 0 unspecified atom stereocenters. The van der Waals surface area contributed by atoms with Gasteiger partial charge in [-0.1, -0.05) is 19.9 Å². The molecule has 0 aliphatic carbocycles. The van der Waals surface area contributed by atoms with E-state index in [4.69, 9.17) is 0 Å². The first-order valence-corrected chi connectivity index (χ1v) is 10.4. The largest absolute Gasteiger partial charge is 0.396 e. The summed E-state index contributed by atoms with van der Waals surface area (Å²) < 4.78 is 29.2. The second-order valence-corrected chi connectivity index (χ2v) is 8.81. The van der Waals surface area contributed by atoms with Crippen LogP contribution in [0.2, 0.25) is 0 Å². The maximum absolute atomic E-state index is 12.4. The molecule has 0 saturated carbocycles. The van der Waals surface area contributed by atoms with Gasteiger partial charge >= 0.3 is 0 Å². The summed E-state index contributed by atoms with van der Waals surface area (Å²) in [6, 6.07) is 3.99. The van der Waals surface area contributed by atoms with E-state index in [1.807, 2.05) is 31.4 Å². The number of aliphatic hydroxyl groups excluding tert-OH is 1. The van der Waals surface area contributed by atoms with Crippen molar-refractivity contribution in [1.29, 1.82) is 0 Å². The number of hydrogen-bond acceptors (Lipinski definition) is 5. The Balaban J connectivity index is 2.00. The van der Waals surface area contributed by atoms with Gasteiger partial charge in [0, 0.05) is 37.2 Å². The molecule has 0 saturated heterocycles. The van der Waals surface area contributed by atoms with Gasteiger partial charge in [-0.15, -0.1) is 11.3 Å². The number of aliphatic hydroxyl groups is 1. The van der Waals surface area contributed by atoms with Crippen molar-refractivity contribution in [3.05, 3.63) is 34.4 Å². The summed E-state index contributed by atoms with van der Waals surface area (Å²) in [5, 5.41) is 11.3. The van der Waals surface area contributed by atoms with Crippen molar-refractivity contribution in [2.45, 2.75) is 43.6 Å². The summed E-state index contributed by atoms with van der Waals surface area (Å²) >= 11 is 1.63. The fraction of sp³-hybridized carbons (Fsp3) is 0.562. The van der Waals surface area contributed by atoms with Crippen molar-refractivity contribution in [2.75, 3.05) is 13.2 Å². The number of nitrogens with one attached hydrogen (secondary N) is 1. The van der Waals surface area contributed by atoms with Crippen LogP contribution in [0.3, 0.4) is 0 Å². The zero-order valence-electron chi connectivity index (χ0n) is 14.3. The second kappa shape index (κ2) is 8.24. The lowest BCUT2D eigenvalue weighted by Crippen LogP contribution is -2.26. The fourth-order valence-electron chi connectivity index (χ4n) is 2.67. The quantitative estimate of drug-likeness (QED) is 0.709. The molecule has 2 rings (SSSR count). The highest BCUT2D eigenvalue weighted by Gasteiger charge is 2.21. The van der Waals surface area contributed by atoms with Crippen molar-refractivity contribution in [3.8, 4) is 0 Å². The fourth-order valence-corrected chi connectivity index (χ4v) is 4.61. The van der Waals surface area contributed by atoms with Crippen LogP contribution in [-0.2, 0) is 17.1 Å². The molecule has 6 nitrogen and oxygen atoms in total. The van der Waals surface area contributed by atoms with E-state index in [0.29, 0.717) is 19.4 Å². The lowest BCUT2D eigenvalue weighted by molar-refractivity contribution is 0.273. The number of nitrogens with zero attached hydrogens (tertiary/aromatic N) is 2. The average molecular weight is 372 g/mol. The van der Waals surface area contributed by atoms with Crippen LogP contribution in [0.4, 0.5) is 0 Å². The normalized spacial score (nSPS) is 13.5. The minimum absolute atomic E-state index is 0.0588. The van der Waals surface area contributed by atoms with Gasteiger partial charge < -0.3 is 9.67 Å². The first-order chi connectivity index (χ1) is 11.3. The van der Waals surface area contributed by atoms with E-state index in [2.05, 4.69) is 9.71 Å². The molecule has 0 bridgehead atoms. The minimum atomic E-state index is -3.62. The van der Waals surface area contributed by atoms with Gasteiger partial charge in [0.2, 0.25) is 0 Å². The molecule has 0 spiro atoms. The average Bonchev–Trinajstić information content (AvgIpc) is 3.15. The molecule has 134 valence electrons. The standard InChI is InChI=1S/C16H25N3O3S2/c1-12(2)16-18-15(11-19(16)3)24(21,22)17-8-6-13(7-9-20)14-5-4-10-23-14/h4-5,10-13,17,20H,6-9H2,1-3H3/t13-/m0/s1. The first-order valence-electron chi connectivity index (χ1n) is 8.02. The molecular weight excluding hydrogens is 346 g/mol. The maximum atomic E-state index is 12.4. The predicted molar refractivity (Wildman–Crippen MR) is 95.9 cm³/mol. The van der Waals surface area contributed by atoms with E-state index in [9.17, 15) is 13.5 Å². The number of thiophene rings is 1. The molecule has 24 heavy (non-hydrogen) atoms. The molecule has 0 amide bonds. The van der Waals surface area contributed by atoms with Gasteiger partial charge in [-0.05, 0) is 30.2 Å². The highest BCUT2D eigenvalue weighted by molar-refractivity contribution is 7.89. The summed E-state index contributed by atoms with van der Waals surface area (Å²) in [6.45, 7) is 4.37. The Morgan fingerprint density at radius 1 is 1.38 bits per heavy atom. The Hall–Kier alpha value is -1.22. The molecule has 0 aliphatic heterocycles. The second-order valence-electron chi connectivity index (χ2n) is 6.11. The van der Waals surface area contributed by atoms with Gasteiger partial charge in [0.05, 0.1) is 0 Å². The summed E-state index contributed by atoms with van der Waals surface area (Å²) in [5.74, 6) is 1.06. The topological polar surface area (TPSA) is 84.2 Å². The summed E-state index contributed by atoms with van der Waals surface area (Å²) in [6.07, 6.45) is 2.82. The van der Waals surface area contributed by atoms with Gasteiger partial charge in [0.1, 0.15) is 5.82 Å². The Labute approximate surface area is 147 Å². The van der Waals surface area contributed by atoms with E-state index < -0.39 is 10.0 Å². The SMILES string of the molecule is CC(C)c1nc(S(=O)(=O)NCC[C@@H](CCO)c2cccs2)cn1C. The number of aromatic nitrogens is 2. The highest BCUT2D eigenvalue weighted by atomic mass is 32.2. The van der Waals surface area contributed by atoms with Crippen molar-refractivity contribution in [1.82, 2.24) is 14.3 Å². The van der Waals surface area contributed by atoms with Crippen molar-refractivity contribution < 1.29 is 13.5 Å². The molecule has 8 heteroatoms. The van der Waals surface area contributed by atoms with E-state index in [1.54, 1.807) is 29.1 Å². The maximum Gasteiger partial charge on any atom is 0.259 e. The third kappa shape index (κ3) is 4.66. The third-order valence-corrected chi connectivity index (χ3v) is 6.26. The molecule has 2 aromatic heterocycles. The van der Waals surface area contributed by atoms with Crippen LogP contribution >= 0.6 is 11.3 Å². The summed E-state index contributed by atoms with van der Waals surface area (Å²) in [4.78, 5) is 5.41. The Kier molecular flexibility index (Phi) is 6.56. The summed E-state index contributed by atoms with van der Waals surface area (Å²) in [7, 11) is -1.81. The predicted octanol–water partition coefficient (Wildman–Crippen LogP) is 2.44. The lowest BCUT2D eigenvalue weighted by Gasteiger charge is -2.14. The molecule has 2 N–H and O–H groups in total. The highest BCUT2D eigenvalue weighted by Crippen LogP contribution is 2.27. The Bertz CT molecular complexity index is 737. The number of hydrogen-bond donors (Lipinski definition) is 2. The van der Waals surface area contributed by atoms with Crippen LogP contribution in [0, 0.1) is 0 Å². The monoisotopic (exact) mass is 371 g/mol. The van der Waals surface area contributed by atoms with Gasteiger partial charge in [0.25, 0.3) is 10.0 Å². The van der Waals surface area contributed by atoms with Gasteiger partial charge in [-0.25, -0.2) is 18.1 Å². The molecular formula is C16H25N3O3S2. The number of aryl methyl sites for hydroxylation is 1. The van der Waals surface area contributed by atoms with Crippen LogP contribution in [0.25, 0.3) is 0 Å². The van der Waals surface area contributed by atoms with Crippen molar-refractivity contribution in [2.24, 2.45) is 7.05 Å². The Morgan fingerprint density at radius 3 is 2.67 bits per heavy atom. The van der Waals surface area contributed by atoms with Crippen molar-refractivity contribution in [3.63, 3.8) is 0 Å². The molecule has 2 heterocycles. The zero-order chi connectivity index (χ0) is 17.7. The van der Waals surface area contributed by atoms with Crippen LogP contribution in [0.15, 0.2) is 28.7 Å². The summed E-state index contributed by atoms with van der Waals surface area (Å²) in [5.41, 5.74) is 0. The van der Waals surface area contributed by atoms with Gasteiger partial charge in [-0.3, -0.25) is 0 Å². The smallest absolute Gasteiger partial charge is 0.259 e. The van der Waals surface area contributed by atoms with Crippen molar-refractivity contribution >= 4 is 21.4 Å². The molecule has 0 aliphatic rings. The molecule has 0 fully saturated rings. The zero-order valence-corrected chi connectivity index (χ0v) is 15.9.